The van der Waals surface area contributed by atoms with Crippen molar-refractivity contribution < 1.29 is 4.42 Å². The topological polar surface area (TPSA) is 62.5 Å². The first-order chi connectivity index (χ1) is 12.1. The van der Waals surface area contributed by atoms with Gasteiger partial charge in [0.05, 0.1) is 23.8 Å². The Morgan fingerprint density at radius 3 is 2.68 bits per heavy atom. The predicted molar refractivity (Wildman–Crippen MR) is 104 cm³/mol. The van der Waals surface area contributed by atoms with Gasteiger partial charge in [0.25, 0.3) is 0 Å². The van der Waals surface area contributed by atoms with Crippen LogP contribution in [0.5, 0.6) is 0 Å². The van der Waals surface area contributed by atoms with Crippen molar-refractivity contribution in [1.29, 1.82) is 0 Å². The molecule has 0 aliphatic rings. The van der Waals surface area contributed by atoms with Gasteiger partial charge in [-0.05, 0) is 13.0 Å². The molecule has 0 saturated heterocycles. The van der Waals surface area contributed by atoms with E-state index in [2.05, 4.69) is 52.8 Å². The molecule has 0 amide bonds. The second-order valence-electron chi connectivity index (χ2n) is 6.26. The number of aromatic nitrogens is 1. The first kappa shape index (κ1) is 17.5. The summed E-state index contributed by atoms with van der Waals surface area (Å²) in [4.78, 5) is 8.90. The van der Waals surface area contributed by atoms with Gasteiger partial charge in [-0.3, -0.25) is 4.99 Å². The van der Waals surface area contributed by atoms with Gasteiger partial charge in [-0.15, -0.1) is 11.3 Å². The summed E-state index contributed by atoms with van der Waals surface area (Å²) < 4.78 is 5.93. The molecule has 5 nitrogen and oxygen atoms in total. The van der Waals surface area contributed by atoms with Crippen LogP contribution in [0.3, 0.4) is 0 Å². The van der Waals surface area contributed by atoms with Crippen LogP contribution in [0, 0.1) is 6.92 Å². The van der Waals surface area contributed by atoms with Gasteiger partial charge < -0.3 is 15.1 Å². The van der Waals surface area contributed by atoms with Gasteiger partial charge in [0.2, 0.25) is 0 Å². The Bertz CT molecular complexity index is 879. The maximum Gasteiger partial charge on any atom is 0.191 e. The maximum absolute atomic E-state index is 5.93. The molecule has 6 heteroatoms. The molecular formula is C19H24N4OS. The summed E-state index contributed by atoms with van der Waals surface area (Å²) in [6, 6.07) is 8.09. The Labute approximate surface area is 152 Å². The fourth-order valence-corrected chi connectivity index (χ4v) is 3.46. The van der Waals surface area contributed by atoms with Crippen molar-refractivity contribution in [2.75, 3.05) is 7.05 Å². The highest BCUT2D eigenvalue weighted by Gasteiger charge is 2.11. The van der Waals surface area contributed by atoms with Crippen LogP contribution in [0.25, 0.3) is 11.0 Å². The Morgan fingerprint density at radius 2 is 2.00 bits per heavy atom. The van der Waals surface area contributed by atoms with Crippen LogP contribution >= 0.6 is 11.3 Å². The molecule has 132 valence electrons. The van der Waals surface area contributed by atoms with Crippen molar-refractivity contribution in [1.82, 2.24) is 15.6 Å². The second kappa shape index (κ2) is 7.70. The number of aliphatic imine (C=N–C) groups is 1. The Morgan fingerprint density at radius 1 is 1.24 bits per heavy atom. The average molecular weight is 356 g/mol. The molecule has 1 aromatic carbocycles. The predicted octanol–water partition coefficient (Wildman–Crippen LogP) is 4.19. The second-order valence-corrected chi connectivity index (χ2v) is 7.15. The summed E-state index contributed by atoms with van der Waals surface area (Å²) in [5, 5.41) is 11.0. The quantitative estimate of drug-likeness (QED) is 0.532. The van der Waals surface area contributed by atoms with Crippen LogP contribution in [0.1, 0.15) is 41.8 Å². The third kappa shape index (κ3) is 4.02. The number of aryl methyl sites for hydroxylation is 1. The van der Waals surface area contributed by atoms with E-state index in [9.17, 15) is 0 Å². The van der Waals surface area contributed by atoms with Crippen molar-refractivity contribution in [3.63, 3.8) is 0 Å². The van der Waals surface area contributed by atoms with Crippen LogP contribution in [0.15, 0.2) is 39.1 Å². The summed E-state index contributed by atoms with van der Waals surface area (Å²) in [5.74, 6) is 2.13. The molecule has 0 spiro atoms. The zero-order chi connectivity index (χ0) is 17.8. The highest BCUT2D eigenvalue weighted by molar-refractivity contribution is 7.09. The van der Waals surface area contributed by atoms with E-state index in [-0.39, 0.29) is 0 Å². The normalized spacial score (nSPS) is 12.1. The summed E-state index contributed by atoms with van der Waals surface area (Å²) in [6.07, 6.45) is 0. The monoisotopic (exact) mass is 356 g/mol. The van der Waals surface area contributed by atoms with Gasteiger partial charge in [-0.25, -0.2) is 4.98 Å². The minimum absolute atomic E-state index is 0.465. The lowest BCUT2D eigenvalue weighted by Crippen LogP contribution is -2.36. The highest BCUT2D eigenvalue weighted by atomic mass is 32.1. The SMILES string of the molecule is CN=C(NCc1csc(C(C)C)n1)NCc1oc2ccccc2c1C. The van der Waals surface area contributed by atoms with Crippen molar-refractivity contribution in [3.05, 3.63) is 51.7 Å². The number of para-hydroxylation sites is 1. The summed E-state index contributed by atoms with van der Waals surface area (Å²) in [5.41, 5.74) is 3.12. The van der Waals surface area contributed by atoms with E-state index in [0.29, 0.717) is 19.0 Å². The molecule has 0 radical (unpaired) electrons. The number of nitrogens with one attached hydrogen (secondary N) is 2. The first-order valence-corrected chi connectivity index (χ1v) is 9.32. The number of benzene rings is 1. The zero-order valence-electron chi connectivity index (χ0n) is 15.1. The Balaban J connectivity index is 1.59. The largest absolute Gasteiger partial charge is 0.459 e. The van der Waals surface area contributed by atoms with Crippen LogP contribution in [0.2, 0.25) is 0 Å². The summed E-state index contributed by atoms with van der Waals surface area (Å²) in [6.45, 7) is 7.65. The Hall–Kier alpha value is -2.34. The van der Waals surface area contributed by atoms with E-state index in [1.165, 1.54) is 5.56 Å². The van der Waals surface area contributed by atoms with Crippen LogP contribution in [-0.4, -0.2) is 18.0 Å². The molecule has 25 heavy (non-hydrogen) atoms. The van der Waals surface area contributed by atoms with Gasteiger partial charge in [0.1, 0.15) is 11.3 Å². The first-order valence-electron chi connectivity index (χ1n) is 8.44. The molecule has 2 N–H and O–H groups in total. The molecular weight excluding hydrogens is 332 g/mol. The number of furan rings is 1. The van der Waals surface area contributed by atoms with Crippen LogP contribution in [-0.2, 0) is 13.1 Å². The molecule has 0 aliphatic heterocycles. The van der Waals surface area contributed by atoms with Crippen LogP contribution in [0.4, 0.5) is 0 Å². The number of rotatable bonds is 5. The third-order valence-corrected chi connectivity index (χ3v) is 5.28. The lowest BCUT2D eigenvalue weighted by molar-refractivity contribution is 0.534. The van der Waals surface area contributed by atoms with Crippen molar-refractivity contribution in [2.24, 2.45) is 4.99 Å². The molecule has 2 heterocycles. The van der Waals surface area contributed by atoms with Gasteiger partial charge in [0, 0.05) is 29.3 Å². The molecule has 0 fully saturated rings. The van der Waals surface area contributed by atoms with Gasteiger partial charge in [0.15, 0.2) is 5.96 Å². The zero-order valence-corrected chi connectivity index (χ0v) is 15.9. The van der Waals surface area contributed by atoms with E-state index < -0.39 is 0 Å². The van der Waals surface area contributed by atoms with Gasteiger partial charge in [-0.2, -0.15) is 0 Å². The van der Waals surface area contributed by atoms with E-state index in [4.69, 9.17) is 4.42 Å². The molecule has 2 aromatic heterocycles. The molecule has 0 atom stereocenters. The number of thiazole rings is 1. The van der Waals surface area contributed by atoms with Gasteiger partial charge in [-0.1, -0.05) is 32.0 Å². The number of nitrogens with zero attached hydrogens (tertiary/aromatic N) is 2. The highest BCUT2D eigenvalue weighted by Crippen LogP contribution is 2.24. The molecule has 0 bridgehead atoms. The summed E-state index contributed by atoms with van der Waals surface area (Å²) in [7, 11) is 1.77. The molecule has 3 aromatic rings. The van der Waals surface area contributed by atoms with Crippen molar-refractivity contribution in [2.45, 2.75) is 39.8 Å². The standard InChI is InChI=1S/C19H24N4OS/c1-12(2)18-23-14(11-25-18)9-21-19(20-4)22-10-17-13(3)15-7-5-6-8-16(15)24-17/h5-8,11-12H,9-10H2,1-4H3,(H2,20,21,22). The number of fused-ring (bicyclic) bond motifs is 1. The van der Waals surface area contributed by atoms with Crippen LogP contribution < -0.4 is 10.6 Å². The van der Waals surface area contributed by atoms with E-state index in [1.807, 2.05) is 18.2 Å². The minimum atomic E-state index is 0.465. The lowest BCUT2D eigenvalue weighted by Gasteiger charge is -2.10. The molecule has 3 rings (SSSR count). The fraction of sp³-hybridized carbons (Fsp3) is 0.368. The smallest absolute Gasteiger partial charge is 0.191 e. The fourth-order valence-electron chi connectivity index (χ4n) is 2.62. The Kier molecular flexibility index (Phi) is 5.38. The lowest BCUT2D eigenvalue weighted by atomic mass is 10.1. The minimum Gasteiger partial charge on any atom is -0.459 e. The number of hydrogen-bond acceptors (Lipinski definition) is 4. The third-order valence-electron chi connectivity index (χ3n) is 4.08. The molecule has 0 unspecified atom stereocenters. The van der Waals surface area contributed by atoms with E-state index >= 15 is 0 Å². The number of hydrogen-bond donors (Lipinski definition) is 2. The van der Waals surface area contributed by atoms with E-state index in [0.717, 1.165) is 33.4 Å². The average Bonchev–Trinajstić information content (AvgIpc) is 3.21. The number of guanidine groups is 1. The van der Waals surface area contributed by atoms with Gasteiger partial charge >= 0.3 is 0 Å². The van der Waals surface area contributed by atoms with Crippen molar-refractivity contribution in [3.8, 4) is 0 Å². The summed E-state index contributed by atoms with van der Waals surface area (Å²) >= 11 is 1.71. The molecule has 0 aliphatic carbocycles. The van der Waals surface area contributed by atoms with Crippen molar-refractivity contribution >= 4 is 28.3 Å². The van der Waals surface area contributed by atoms with E-state index in [1.54, 1.807) is 18.4 Å². The molecule has 0 saturated carbocycles. The maximum atomic E-state index is 5.93.